The van der Waals surface area contributed by atoms with Crippen LogP contribution in [-0.2, 0) is 37.3 Å². The van der Waals surface area contributed by atoms with Gasteiger partial charge in [-0.3, -0.25) is 4.57 Å². The molecular weight excluding hydrogens is 1230 g/mol. The molecule has 0 atom stereocenters. The Balaban J connectivity index is 0.0000102. The van der Waals surface area contributed by atoms with Gasteiger partial charge in [-0.2, -0.15) is 18.2 Å². The van der Waals surface area contributed by atoms with Crippen molar-refractivity contribution in [1.29, 1.82) is 0 Å². The first-order chi connectivity index (χ1) is 48.4. The topological polar surface area (TPSA) is 35.9 Å². The molecule has 10 aromatic carbocycles. The van der Waals surface area contributed by atoms with E-state index < -0.39 is 160 Å². The van der Waals surface area contributed by atoms with Gasteiger partial charge in [-0.05, 0) is 105 Å². The smallest absolute Gasteiger partial charge is 0.268 e. The molecule has 85 heavy (non-hydrogen) atoms. The number of nitrogens with zero attached hydrogens (tertiary/aromatic N) is 4. The fraction of sp³-hybridized carbons (Fsp3) is 0.154. The number of para-hydroxylation sites is 3. The van der Waals surface area contributed by atoms with Crippen molar-refractivity contribution in [3.8, 4) is 50.9 Å². The summed E-state index contributed by atoms with van der Waals surface area (Å²) in [4.78, 5) is 4.85. The minimum absolute atomic E-state index is 0. The van der Waals surface area contributed by atoms with E-state index in [-0.39, 0.29) is 37.7 Å². The second-order valence-electron chi connectivity index (χ2n) is 23.9. The number of imidazole rings is 1. The van der Waals surface area contributed by atoms with Crippen LogP contribution >= 0.6 is 0 Å². The summed E-state index contributed by atoms with van der Waals surface area (Å²) < 4.78 is 195. The Morgan fingerprint density at radius 2 is 1.07 bits per heavy atom. The van der Waals surface area contributed by atoms with E-state index in [4.69, 9.17) is 13.8 Å². The molecule has 3 aromatic heterocycles. The van der Waals surface area contributed by atoms with Gasteiger partial charge in [0, 0.05) is 44.3 Å². The molecule has 0 saturated heterocycles. The number of rotatable bonds is 11. The average Bonchev–Trinajstić information content (AvgIpc) is 0.789. The van der Waals surface area contributed by atoms with E-state index in [0.29, 0.717) is 50.7 Å². The van der Waals surface area contributed by atoms with Crippen LogP contribution in [0.4, 0.5) is 0 Å². The SMILES string of the molecule is [2H]c1c([2H])c([2H])c([Si](c2c([2H])c([2H])c([2H])c([2H])c2[2H])(c2c([2H])c([2H])c([2H])c([2H])c2[2H])c2c([2H])c([2H])c([2H])c(-c3cc(C(C)(C)C)cc(-c4cccc(C(C)(C)C)c4)c3-[n+]3[c-]n(-c4[c-]c(Oc5[c-]c6c(cc5)c5ccccc5n6-c5cc(C(C)(C)C)ccn5)ccc4)c4ccccc43)c2[2H])c([2H])c1[2H].[Pt]. The van der Waals surface area contributed by atoms with E-state index in [0.717, 1.165) is 32.9 Å². The van der Waals surface area contributed by atoms with E-state index in [2.05, 4.69) is 76.7 Å². The Hall–Kier alpha value is -8.67. The Bertz CT molecular complexity index is 5520. The largest absolute Gasteiger partial charge is 0.510 e. The Labute approximate surface area is 542 Å². The Morgan fingerprint density at radius 3 is 1.73 bits per heavy atom. The average molecular weight is 1320 g/mol. The van der Waals surface area contributed by atoms with E-state index in [9.17, 15) is 21.9 Å². The third-order valence-electron chi connectivity index (χ3n) is 15.3. The fourth-order valence-electron chi connectivity index (χ4n) is 10.9. The summed E-state index contributed by atoms with van der Waals surface area (Å²) in [6.45, 7) is 18.5. The monoisotopic (exact) mass is 1320 g/mol. The van der Waals surface area contributed by atoms with E-state index in [1.165, 1.54) is 0 Å². The Morgan fingerprint density at radius 1 is 0.494 bits per heavy atom. The van der Waals surface area contributed by atoms with Crippen LogP contribution in [-0.4, -0.2) is 22.2 Å². The standard InChI is InChI=1S/C78H68N4OSi.Pt/c1-76(2,3)56-28-23-26-54(46-56)68-48-58(78(7,8)9)49-69(55-27-24-37-65(47-55)84(62-31-13-10-14-32-62,63-33-15-11-16-34-63)64-35-17-12-18-36-64)75(68)81-53-80(71-40-21-22-41-72(71)81)59-29-25-30-60(51-59)83-61-42-43-67-66-38-19-20-39-70(66)82(73(67)52-61)74-50-57(44-45-79-74)77(4,5)6;/h10-50H,1-9H3;/q-2;/i10D,11D,12D,13D,14D,15D,16D,17D,18D,24D,27D,31D,32D,33D,34D,35D,36D,37D,47D;. The van der Waals surface area contributed by atoms with Gasteiger partial charge in [0.1, 0.15) is 5.82 Å². The third-order valence-corrected chi connectivity index (χ3v) is 19.3. The van der Waals surface area contributed by atoms with Crippen LogP contribution in [0, 0.1) is 18.5 Å². The van der Waals surface area contributed by atoms with Crippen LogP contribution in [0.25, 0.3) is 72.3 Å². The van der Waals surface area contributed by atoms with Crippen molar-refractivity contribution in [3.05, 3.63) is 284 Å². The molecule has 0 bridgehead atoms. The molecule has 0 N–H and O–H groups in total. The van der Waals surface area contributed by atoms with Gasteiger partial charge in [0.05, 0.1) is 42.8 Å². The van der Waals surface area contributed by atoms with Crippen molar-refractivity contribution in [3.63, 3.8) is 0 Å². The van der Waals surface area contributed by atoms with Crippen LogP contribution < -0.4 is 30.1 Å². The Kier molecular flexibility index (Phi) is 10.1. The van der Waals surface area contributed by atoms with Gasteiger partial charge in [0.25, 0.3) is 6.33 Å². The summed E-state index contributed by atoms with van der Waals surface area (Å²) in [5.41, 5.74) is 5.23. The summed E-state index contributed by atoms with van der Waals surface area (Å²) in [6.07, 6.45) is 5.42. The molecular formula is C78H68N4OPtSi-2. The molecule has 0 unspecified atom stereocenters. The molecule has 0 aliphatic carbocycles. The van der Waals surface area contributed by atoms with E-state index >= 15 is 0 Å². The zero-order valence-electron chi connectivity index (χ0n) is 67.2. The summed E-state index contributed by atoms with van der Waals surface area (Å²) in [6, 6.07) is 27.6. The molecule has 13 rings (SSSR count). The van der Waals surface area contributed by atoms with Gasteiger partial charge in [0.2, 0.25) is 0 Å². The van der Waals surface area contributed by atoms with Gasteiger partial charge >= 0.3 is 0 Å². The quantitative estimate of drug-likeness (QED) is 0.0560. The molecule has 0 aliphatic heterocycles. The van der Waals surface area contributed by atoms with Gasteiger partial charge in [0.15, 0.2) is 8.07 Å². The number of pyridine rings is 1. The zero-order valence-corrected chi connectivity index (χ0v) is 51.5. The van der Waals surface area contributed by atoms with E-state index in [1.54, 1.807) is 27.3 Å². The molecule has 0 radical (unpaired) electrons. The van der Waals surface area contributed by atoms with Crippen LogP contribution in [0.3, 0.4) is 0 Å². The molecule has 3 heterocycles. The van der Waals surface area contributed by atoms with Crippen molar-refractivity contribution in [1.82, 2.24) is 14.1 Å². The number of ether oxygens (including phenoxy) is 1. The predicted octanol–water partition coefficient (Wildman–Crippen LogP) is 16.2. The van der Waals surface area contributed by atoms with Crippen LogP contribution in [0.1, 0.15) is 105 Å². The van der Waals surface area contributed by atoms with Crippen molar-refractivity contribution < 1.29 is 56.4 Å². The molecule has 0 aliphatic rings. The van der Waals surface area contributed by atoms with E-state index in [1.807, 2.05) is 124 Å². The van der Waals surface area contributed by atoms with Gasteiger partial charge in [-0.25, -0.2) is 4.98 Å². The summed E-state index contributed by atoms with van der Waals surface area (Å²) in [5.74, 6) is 1.38. The molecule has 0 saturated carbocycles. The van der Waals surface area contributed by atoms with Gasteiger partial charge in [-0.1, -0.05) is 261 Å². The summed E-state index contributed by atoms with van der Waals surface area (Å²) >= 11 is 0. The molecule has 7 heteroatoms. The van der Waals surface area contributed by atoms with Crippen LogP contribution in [0.15, 0.2) is 248 Å². The second-order valence-corrected chi connectivity index (χ2v) is 27.4. The molecule has 422 valence electrons. The number of hydrogen-bond acceptors (Lipinski definition) is 2. The molecule has 13 aromatic rings. The predicted molar refractivity (Wildman–Crippen MR) is 351 cm³/mol. The minimum Gasteiger partial charge on any atom is -0.510 e. The molecule has 0 amide bonds. The first-order valence-corrected chi connectivity index (χ1v) is 29.6. The summed E-state index contributed by atoms with van der Waals surface area (Å²) in [7, 11) is -6.27. The second kappa shape index (κ2) is 22.4. The van der Waals surface area contributed by atoms with Crippen molar-refractivity contribution in [2.75, 3.05) is 0 Å². The normalized spacial score (nSPS) is 15.3. The van der Waals surface area contributed by atoms with Gasteiger partial charge < -0.3 is 13.9 Å². The first-order valence-electron chi connectivity index (χ1n) is 37.1. The number of benzene rings is 10. The maximum atomic E-state index is 11.1. The summed E-state index contributed by atoms with van der Waals surface area (Å²) in [5, 5.41) is -1.79. The molecule has 0 spiro atoms. The third kappa shape index (κ3) is 10.5. The molecule has 5 nitrogen and oxygen atoms in total. The zero-order chi connectivity index (χ0) is 74.5. The van der Waals surface area contributed by atoms with Crippen molar-refractivity contribution in [2.45, 2.75) is 78.6 Å². The van der Waals surface area contributed by atoms with Crippen molar-refractivity contribution in [2.24, 2.45) is 0 Å². The van der Waals surface area contributed by atoms with Crippen LogP contribution in [0.5, 0.6) is 11.5 Å². The minimum atomic E-state index is -6.27. The van der Waals surface area contributed by atoms with Gasteiger partial charge in [-0.15, -0.1) is 29.7 Å². The number of hydrogen-bond donors (Lipinski definition) is 0. The fourth-order valence-corrected chi connectivity index (χ4v) is 14.5. The van der Waals surface area contributed by atoms with Crippen molar-refractivity contribution >= 4 is 61.7 Å². The maximum absolute atomic E-state index is 11.1. The first kappa shape index (κ1) is 38.3. The number of aromatic nitrogens is 4. The van der Waals surface area contributed by atoms with Crippen LogP contribution in [0.2, 0.25) is 0 Å². The molecule has 0 fully saturated rings. The number of fused-ring (bicyclic) bond motifs is 4. The maximum Gasteiger partial charge on any atom is 0.268 e.